The van der Waals surface area contributed by atoms with Crippen molar-refractivity contribution in [3.8, 4) is 5.75 Å². The molecule has 1 fully saturated rings. The van der Waals surface area contributed by atoms with Gasteiger partial charge in [-0.15, -0.1) is 0 Å². The first-order valence-corrected chi connectivity index (χ1v) is 11.0. The molecule has 1 unspecified atom stereocenters. The van der Waals surface area contributed by atoms with E-state index >= 15 is 0 Å². The molecule has 164 valence electrons. The lowest BCUT2D eigenvalue weighted by Gasteiger charge is -2.17. The number of aryl methyl sites for hydroxylation is 1. The number of carbonyl (C=O) groups is 2. The lowest BCUT2D eigenvalue weighted by atomic mass is 10.1. The number of benzene rings is 3. The van der Waals surface area contributed by atoms with E-state index in [0.29, 0.717) is 30.5 Å². The zero-order valence-electron chi connectivity index (χ0n) is 17.9. The third kappa shape index (κ3) is 5.48. The molecule has 0 radical (unpaired) electrons. The molecule has 1 saturated heterocycles. The zero-order valence-corrected chi connectivity index (χ0v) is 18.6. The molecule has 1 aliphatic rings. The van der Waals surface area contributed by atoms with Crippen LogP contribution < -0.4 is 15.0 Å². The summed E-state index contributed by atoms with van der Waals surface area (Å²) < 4.78 is 5.81. The smallest absolute Gasteiger partial charge is 0.227 e. The van der Waals surface area contributed by atoms with Crippen LogP contribution >= 0.6 is 11.6 Å². The molecule has 0 aliphatic carbocycles. The average molecular weight is 449 g/mol. The third-order valence-corrected chi connectivity index (χ3v) is 5.80. The van der Waals surface area contributed by atoms with Gasteiger partial charge in [-0.25, -0.2) is 0 Å². The standard InChI is InChI=1S/C26H25ClN2O3/c1-18-2-4-19(5-3-18)15-28-26(31)21-14-25(30)29(16-21)23-10-12-24(13-11-23)32-17-20-6-8-22(27)9-7-20/h2-13,21H,14-17H2,1H3,(H,28,31). The fourth-order valence-electron chi connectivity index (χ4n) is 3.64. The highest BCUT2D eigenvalue weighted by molar-refractivity contribution is 6.30. The van der Waals surface area contributed by atoms with E-state index in [1.807, 2.05) is 79.7 Å². The van der Waals surface area contributed by atoms with Gasteiger partial charge in [-0.05, 0) is 54.4 Å². The molecule has 1 N–H and O–H groups in total. The van der Waals surface area contributed by atoms with Crippen molar-refractivity contribution in [3.05, 3.63) is 94.5 Å². The predicted molar refractivity (Wildman–Crippen MR) is 126 cm³/mol. The Morgan fingerprint density at radius 3 is 2.34 bits per heavy atom. The van der Waals surface area contributed by atoms with Crippen LogP contribution in [0.2, 0.25) is 5.02 Å². The van der Waals surface area contributed by atoms with Crippen molar-refractivity contribution >= 4 is 29.1 Å². The second kappa shape index (κ2) is 9.88. The van der Waals surface area contributed by atoms with Gasteiger partial charge in [0.15, 0.2) is 0 Å². The van der Waals surface area contributed by atoms with Crippen molar-refractivity contribution in [2.24, 2.45) is 5.92 Å². The van der Waals surface area contributed by atoms with Crippen LogP contribution in [0, 0.1) is 12.8 Å². The fraction of sp³-hybridized carbons (Fsp3) is 0.231. The Morgan fingerprint density at radius 1 is 1.00 bits per heavy atom. The summed E-state index contributed by atoms with van der Waals surface area (Å²) in [6.07, 6.45) is 0.217. The van der Waals surface area contributed by atoms with Crippen LogP contribution in [0.4, 0.5) is 5.69 Å². The van der Waals surface area contributed by atoms with Crippen molar-refractivity contribution in [2.75, 3.05) is 11.4 Å². The average Bonchev–Trinajstić information content (AvgIpc) is 3.20. The van der Waals surface area contributed by atoms with E-state index in [1.165, 1.54) is 5.56 Å². The normalized spacial score (nSPS) is 15.6. The minimum absolute atomic E-state index is 0.0460. The topological polar surface area (TPSA) is 58.6 Å². The molecule has 6 heteroatoms. The van der Waals surface area contributed by atoms with E-state index in [2.05, 4.69) is 5.32 Å². The molecule has 3 aromatic rings. The summed E-state index contributed by atoms with van der Waals surface area (Å²) in [5.41, 5.74) is 4.01. The van der Waals surface area contributed by atoms with E-state index < -0.39 is 0 Å². The molecule has 5 nitrogen and oxygen atoms in total. The van der Waals surface area contributed by atoms with Crippen molar-refractivity contribution < 1.29 is 14.3 Å². The number of amides is 2. The summed E-state index contributed by atoms with van der Waals surface area (Å²) in [7, 11) is 0. The maximum absolute atomic E-state index is 12.6. The summed E-state index contributed by atoms with van der Waals surface area (Å²) in [6.45, 7) is 3.30. The third-order valence-electron chi connectivity index (χ3n) is 5.55. The van der Waals surface area contributed by atoms with Gasteiger partial charge in [0.05, 0.1) is 5.92 Å². The number of hydrogen-bond acceptors (Lipinski definition) is 3. The Bertz CT molecular complexity index is 1080. The number of ether oxygens (including phenoxy) is 1. The first kappa shape index (κ1) is 21.9. The molecule has 1 atom stereocenters. The lowest BCUT2D eigenvalue weighted by Crippen LogP contribution is -2.32. The Hall–Kier alpha value is -3.31. The summed E-state index contributed by atoms with van der Waals surface area (Å²) in [4.78, 5) is 26.8. The summed E-state index contributed by atoms with van der Waals surface area (Å²) in [6, 6.07) is 22.9. The van der Waals surface area contributed by atoms with Gasteiger partial charge < -0.3 is 15.0 Å². The molecule has 2 amide bonds. The van der Waals surface area contributed by atoms with Crippen LogP contribution in [0.15, 0.2) is 72.8 Å². The maximum atomic E-state index is 12.6. The molecule has 1 aliphatic heterocycles. The second-order valence-corrected chi connectivity index (χ2v) is 8.45. The Balaban J connectivity index is 1.30. The molecule has 1 heterocycles. The Kier molecular flexibility index (Phi) is 6.76. The highest BCUT2D eigenvalue weighted by Gasteiger charge is 2.35. The number of nitrogens with zero attached hydrogens (tertiary/aromatic N) is 1. The van der Waals surface area contributed by atoms with E-state index in [4.69, 9.17) is 16.3 Å². The number of rotatable bonds is 7. The van der Waals surface area contributed by atoms with E-state index in [9.17, 15) is 9.59 Å². The van der Waals surface area contributed by atoms with Gasteiger partial charge in [-0.1, -0.05) is 53.6 Å². The molecule has 32 heavy (non-hydrogen) atoms. The van der Waals surface area contributed by atoms with Gasteiger partial charge >= 0.3 is 0 Å². The second-order valence-electron chi connectivity index (χ2n) is 8.02. The van der Waals surface area contributed by atoms with Crippen LogP contribution in [0.1, 0.15) is 23.1 Å². The Morgan fingerprint density at radius 2 is 1.66 bits per heavy atom. The predicted octanol–water partition coefficient (Wildman–Crippen LogP) is 4.90. The molecular formula is C26H25ClN2O3. The van der Waals surface area contributed by atoms with Crippen molar-refractivity contribution in [1.29, 1.82) is 0 Å². The van der Waals surface area contributed by atoms with Crippen molar-refractivity contribution in [2.45, 2.75) is 26.5 Å². The van der Waals surface area contributed by atoms with Gasteiger partial charge in [-0.2, -0.15) is 0 Å². The van der Waals surface area contributed by atoms with Crippen LogP contribution in [-0.2, 0) is 22.7 Å². The molecular weight excluding hydrogens is 424 g/mol. The first-order valence-electron chi connectivity index (χ1n) is 10.6. The van der Waals surface area contributed by atoms with E-state index in [-0.39, 0.29) is 24.2 Å². The summed E-state index contributed by atoms with van der Waals surface area (Å²) in [5.74, 6) is 0.219. The minimum atomic E-state index is -0.353. The van der Waals surface area contributed by atoms with Crippen LogP contribution in [0.5, 0.6) is 5.75 Å². The minimum Gasteiger partial charge on any atom is -0.489 e. The van der Waals surface area contributed by atoms with Gasteiger partial charge in [0, 0.05) is 30.2 Å². The lowest BCUT2D eigenvalue weighted by molar-refractivity contribution is -0.126. The van der Waals surface area contributed by atoms with Gasteiger partial charge in [0.2, 0.25) is 11.8 Å². The van der Waals surface area contributed by atoms with Gasteiger partial charge in [0.1, 0.15) is 12.4 Å². The maximum Gasteiger partial charge on any atom is 0.227 e. The van der Waals surface area contributed by atoms with Crippen LogP contribution in [0.25, 0.3) is 0 Å². The van der Waals surface area contributed by atoms with Crippen molar-refractivity contribution in [3.63, 3.8) is 0 Å². The molecule has 0 saturated carbocycles. The van der Waals surface area contributed by atoms with Crippen molar-refractivity contribution in [1.82, 2.24) is 5.32 Å². The summed E-state index contributed by atoms with van der Waals surface area (Å²) >= 11 is 5.90. The Labute approximate surface area is 193 Å². The molecule has 4 rings (SSSR count). The molecule has 0 bridgehead atoms. The molecule has 3 aromatic carbocycles. The fourth-order valence-corrected chi connectivity index (χ4v) is 3.77. The van der Waals surface area contributed by atoms with E-state index in [1.54, 1.807) is 4.90 Å². The largest absolute Gasteiger partial charge is 0.489 e. The van der Waals surface area contributed by atoms with Crippen LogP contribution in [0.3, 0.4) is 0 Å². The molecule has 0 spiro atoms. The first-order chi connectivity index (χ1) is 15.5. The number of anilines is 1. The highest BCUT2D eigenvalue weighted by atomic mass is 35.5. The number of hydrogen-bond donors (Lipinski definition) is 1. The SMILES string of the molecule is Cc1ccc(CNC(=O)C2CC(=O)N(c3ccc(OCc4ccc(Cl)cc4)cc3)C2)cc1. The van der Waals surface area contributed by atoms with Gasteiger partial charge in [0.25, 0.3) is 0 Å². The number of nitrogens with one attached hydrogen (secondary N) is 1. The monoisotopic (exact) mass is 448 g/mol. The summed E-state index contributed by atoms with van der Waals surface area (Å²) in [5, 5.41) is 3.64. The van der Waals surface area contributed by atoms with Crippen LogP contribution in [-0.4, -0.2) is 18.4 Å². The number of halogens is 1. The zero-order chi connectivity index (χ0) is 22.5. The van der Waals surface area contributed by atoms with Gasteiger partial charge in [-0.3, -0.25) is 9.59 Å². The number of carbonyl (C=O) groups excluding carboxylic acids is 2. The van der Waals surface area contributed by atoms with E-state index in [0.717, 1.165) is 16.8 Å². The quantitative estimate of drug-likeness (QED) is 0.559. The molecule has 0 aromatic heterocycles. The highest BCUT2D eigenvalue weighted by Crippen LogP contribution is 2.27.